The van der Waals surface area contributed by atoms with Gasteiger partial charge in [0.15, 0.2) is 0 Å². The second-order valence-electron chi connectivity index (χ2n) is 2.61. The molecule has 0 nitrogen and oxygen atoms in total. The van der Waals surface area contributed by atoms with Crippen molar-refractivity contribution in [2.45, 2.75) is 48.5 Å². The van der Waals surface area contributed by atoms with Crippen molar-refractivity contribution in [2.24, 2.45) is 0 Å². The summed E-state index contributed by atoms with van der Waals surface area (Å²) in [6.07, 6.45) is 0. The van der Waals surface area contributed by atoms with E-state index in [0.717, 1.165) is 0 Å². The zero-order chi connectivity index (χ0) is 7.33. The Bertz CT molecular complexity index is 52.1. The van der Waals surface area contributed by atoms with Gasteiger partial charge in [-0.15, -0.1) is 0 Å². The standard InChI is InChI=1S/C8H20As.BrH/c1-5-9(6-2,7-3)8-4;/h5-8H2,1-4H3;1H/q+1;/p-1. The van der Waals surface area contributed by atoms with Gasteiger partial charge in [0, 0.05) is 0 Å². The van der Waals surface area contributed by atoms with Crippen LogP contribution in [0.4, 0.5) is 0 Å². The maximum Gasteiger partial charge on any atom is -1.00 e. The van der Waals surface area contributed by atoms with Gasteiger partial charge in [-0.25, -0.2) is 0 Å². The molecule has 0 aromatic rings. The van der Waals surface area contributed by atoms with Crippen LogP contribution in [0.2, 0.25) is 20.8 Å². The second-order valence-corrected chi connectivity index (χ2v) is 13.5. The third kappa shape index (κ3) is 3.44. The Morgan fingerprint density at radius 2 is 0.900 bits per heavy atom. The van der Waals surface area contributed by atoms with Crippen LogP contribution in [0.5, 0.6) is 0 Å². The minimum atomic E-state index is -1.01. The topological polar surface area (TPSA) is 0 Å². The van der Waals surface area contributed by atoms with Crippen molar-refractivity contribution in [1.29, 1.82) is 0 Å². The van der Waals surface area contributed by atoms with Crippen LogP contribution in [0.3, 0.4) is 0 Å². The minimum absolute atomic E-state index is 0. The van der Waals surface area contributed by atoms with Gasteiger partial charge in [-0.2, -0.15) is 0 Å². The van der Waals surface area contributed by atoms with E-state index in [0.29, 0.717) is 0 Å². The molecule has 0 aliphatic carbocycles. The van der Waals surface area contributed by atoms with Crippen LogP contribution in [0.15, 0.2) is 0 Å². The average Bonchev–Trinajstić information content (AvgIpc) is 1.95. The summed E-state index contributed by atoms with van der Waals surface area (Å²) in [7, 11) is 0. The first-order valence-corrected chi connectivity index (χ1v) is 9.40. The predicted molar refractivity (Wildman–Crippen MR) is 47.7 cm³/mol. The van der Waals surface area contributed by atoms with Crippen LogP contribution in [0.1, 0.15) is 27.7 Å². The van der Waals surface area contributed by atoms with E-state index in [1.54, 1.807) is 0 Å². The molecular weight excluding hydrogens is 251 g/mol. The predicted octanol–water partition coefficient (Wildman–Crippen LogP) is 0.519. The van der Waals surface area contributed by atoms with Crippen LogP contribution in [-0.4, -0.2) is 13.6 Å². The Kier molecular flexibility index (Phi) is 9.16. The average molecular weight is 271 g/mol. The quantitative estimate of drug-likeness (QED) is 0.654. The van der Waals surface area contributed by atoms with E-state index in [1.807, 2.05) is 0 Å². The third-order valence-electron chi connectivity index (χ3n) is 2.68. The van der Waals surface area contributed by atoms with Crippen molar-refractivity contribution >= 4 is 13.6 Å². The van der Waals surface area contributed by atoms with Crippen molar-refractivity contribution in [3.63, 3.8) is 0 Å². The summed E-state index contributed by atoms with van der Waals surface area (Å²) >= 11 is -1.01. The first-order valence-electron chi connectivity index (χ1n) is 4.09. The van der Waals surface area contributed by atoms with Crippen LogP contribution < -0.4 is 17.0 Å². The van der Waals surface area contributed by atoms with E-state index >= 15 is 0 Å². The summed E-state index contributed by atoms with van der Waals surface area (Å²) in [6.45, 7) is 9.51. The summed E-state index contributed by atoms with van der Waals surface area (Å²) in [4.78, 5) is 0. The van der Waals surface area contributed by atoms with E-state index in [4.69, 9.17) is 0 Å². The second kappa shape index (κ2) is 6.73. The molecule has 0 unspecified atom stereocenters. The molecule has 0 saturated carbocycles. The van der Waals surface area contributed by atoms with Crippen molar-refractivity contribution in [3.05, 3.63) is 0 Å². The van der Waals surface area contributed by atoms with E-state index < -0.39 is 13.6 Å². The van der Waals surface area contributed by atoms with E-state index in [9.17, 15) is 0 Å². The molecule has 0 radical (unpaired) electrons. The molecule has 0 atom stereocenters. The molecule has 0 aliphatic rings. The normalized spacial score (nSPS) is 10.8. The molecule has 0 amide bonds. The number of rotatable bonds is 4. The Morgan fingerprint density at radius 1 is 0.700 bits per heavy atom. The zero-order valence-corrected chi connectivity index (χ0v) is 11.1. The molecule has 10 heavy (non-hydrogen) atoms. The molecular formula is C8H20AsBr. The van der Waals surface area contributed by atoms with Crippen molar-refractivity contribution in [2.75, 3.05) is 0 Å². The molecule has 0 bridgehead atoms. The van der Waals surface area contributed by atoms with Gasteiger partial charge in [-0.3, -0.25) is 0 Å². The van der Waals surface area contributed by atoms with Crippen molar-refractivity contribution < 1.29 is 17.0 Å². The van der Waals surface area contributed by atoms with Gasteiger partial charge < -0.3 is 17.0 Å². The number of hydrogen-bond donors (Lipinski definition) is 0. The molecule has 0 aromatic heterocycles. The van der Waals surface area contributed by atoms with E-state index in [1.165, 1.54) is 20.8 Å². The SMILES string of the molecule is CC[As+](CC)(CC)CC.[Br-]. The molecule has 0 aliphatic heterocycles. The Morgan fingerprint density at radius 3 is 0.900 bits per heavy atom. The third-order valence-corrected chi connectivity index (χ3v) is 13.9. The molecule has 0 aromatic carbocycles. The maximum absolute atomic E-state index is 2.38. The minimum Gasteiger partial charge on any atom is -1.00 e. The van der Waals surface area contributed by atoms with E-state index in [2.05, 4.69) is 27.7 Å². The molecule has 0 N–H and O–H groups in total. The van der Waals surface area contributed by atoms with Crippen molar-refractivity contribution in [1.82, 2.24) is 0 Å². The van der Waals surface area contributed by atoms with Crippen LogP contribution >= 0.6 is 0 Å². The fourth-order valence-electron chi connectivity index (χ4n) is 1.34. The van der Waals surface area contributed by atoms with Gasteiger partial charge in [-0.1, -0.05) is 0 Å². The largest absolute Gasteiger partial charge is 1.00 e. The van der Waals surface area contributed by atoms with Gasteiger partial charge in [0.25, 0.3) is 0 Å². The number of halogens is 1. The van der Waals surface area contributed by atoms with Gasteiger partial charge in [0.05, 0.1) is 0 Å². The first kappa shape index (κ1) is 13.6. The number of hydrogen-bond acceptors (Lipinski definition) is 0. The smallest absolute Gasteiger partial charge is 1.00 e. The van der Waals surface area contributed by atoms with Gasteiger partial charge in [0.2, 0.25) is 0 Å². The Labute approximate surface area is 79.0 Å². The van der Waals surface area contributed by atoms with Crippen LogP contribution in [-0.2, 0) is 0 Å². The van der Waals surface area contributed by atoms with Crippen LogP contribution in [0, 0.1) is 0 Å². The molecule has 0 spiro atoms. The van der Waals surface area contributed by atoms with Gasteiger partial charge in [0.1, 0.15) is 0 Å². The van der Waals surface area contributed by atoms with E-state index in [-0.39, 0.29) is 17.0 Å². The molecule has 0 fully saturated rings. The fourth-order valence-corrected chi connectivity index (χ4v) is 6.97. The fraction of sp³-hybridized carbons (Fsp3) is 1.00. The summed E-state index contributed by atoms with van der Waals surface area (Å²) < 4.78 is 0. The maximum atomic E-state index is 2.38. The molecule has 0 saturated heterocycles. The van der Waals surface area contributed by atoms with Gasteiger partial charge in [-0.05, 0) is 0 Å². The Hall–Kier alpha value is 1.04. The summed E-state index contributed by atoms with van der Waals surface area (Å²) in [5.74, 6) is 0. The van der Waals surface area contributed by atoms with Crippen LogP contribution in [0.25, 0.3) is 0 Å². The van der Waals surface area contributed by atoms with Gasteiger partial charge >= 0.3 is 62.1 Å². The first-order chi connectivity index (χ1) is 4.24. The molecule has 2 heteroatoms. The molecule has 64 valence electrons. The molecule has 0 heterocycles. The molecule has 0 rings (SSSR count). The summed E-state index contributed by atoms with van der Waals surface area (Å²) in [5.41, 5.74) is 0. The monoisotopic (exact) mass is 270 g/mol. The summed E-state index contributed by atoms with van der Waals surface area (Å²) in [6, 6.07) is 0. The van der Waals surface area contributed by atoms with Crippen molar-refractivity contribution in [3.8, 4) is 0 Å². The zero-order valence-electron chi connectivity index (χ0n) is 7.65. The summed E-state index contributed by atoms with van der Waals surface area (Å²) in [5, 5.41) is 6.06. The Balaban J connectivity index is 0.